The van der Waals surface area contributed by atoms with E-state index in [0.29, 0.717) is 29.7 Å². The van der Waals surface area contributed by atoms with Gasteiger partial charge in [0, 0.05) is 0 Å². The van der Waals surface area contributed by atoms with Gasteiger partial charge in [0.25, 0.3) is 5.91 Å². The van der Waals surface area contributed by atoms with E-state index in [2.05, 4.69) is 10.3 Å². The Kier molecular flexibility index (Phi) is 6.75. The Morgan fingerprint density at radius 3 is 2.28 bits per heavy atom. The molecular formula is C25H19N3O3S. The number of hydrogen-bond donors (Lipinski definition) is 1. The number of hydrogen-bond acceptors (Lipinski definition) is 6. The minimum atomic E-state index is -0.495. The van der Waals surface area contributed by atoms with Crippen molar-refractivity contribution in [3.05, 3.63) is 90.0 Å². The van der Waals surface area contributed by atoms with Crippen LogP contribution in [-0.2, 0) is 4.79 Å². The molecule has 0 unspecified atom stereocenters. The van der Waals surface area contributed by atoms with E-state index in [4.69, 9.17) is 9.47 Å². The quantitative estimate of drug-likeness (QED) is 0.228. The summed E-state index contributed by atoms with van der Waals surface area (Å²) in [5.74, 6) is 0.978. The molecule has 0 fully saturated rings. The Hall–Kier alpha value is -4.15. The molecule has 0 aliphatic heterocycles. The molecule has 3 aromatic carbocycles. The molecule has 0 aliphatic carbocycles. The number of aromatic nitrogens is 1. The first kappa shape index (κ1) is 21.1. The number of ether oxygens (including phenoxy) is 2. The summed E-state index contributed by atoms with van der Waals surface area (Å²) in [5, 5.41) is 12.6. The van der Waals surface area contributed by atoms with Gasteiger partial charge in [0.1, 0.15) is 36.4 Å². The summed E-state index contributed by atoms with van der Waals surface area (Å²) in [5.41, 5.74) is 1.52. The number of benzene rings is 3. The molecule has 4 aromatic rings. The molecule has 1 N–H and O–H groups in total. The Bertz CT molecular complexity index is 1240. The van der Waals surface area contributed by atoms with Gasteiger partial charge in [0.2, 0.25) is 0 Å². The monoisotopic (exact) mass is 441 g/mol. The number of carbonyl (C=O) groups is 1. The van der Waals surface area contributed by atoms with Crippen molar-refractivity contribution in [2.45, 2.75) is 0 Å². The molecule has 1 amide bonds. The fourth-order valence-electron chi connectivity index (χ4n) is 2.90. The Morgan fingerprint density at radius 1 is 0.938 bits per heavy atom. The summed E-state index contributed by atoms with van der Waals surface area (Å²) in [7, 11) is 0. The number of nitrogens with one attached hydrogen (secondary N) is 1. The van der Waals surface area contributed by atoms with Gasteiger partial charge in [-0.2, -0.15) is 5.26 Å². The van der Waals surface area contributed by atoms with E-state index >= 15 is 0 Å². The number of nitriles is 1. The highest BCUT2D eigenvalue weighted by atomic mass is 32.1. The summed E-state index contributed by atoms with van der Waals surface area (Å²) in [6, 6.07) is 26.2. The largest absolute Gasteiger partial charge is 0.490 e. The van der Waals surface area contributed by atoms with Crippen LogP contribution in [-0.4, -0.2) is 24.1 Å². The average Bonchev–Trinajstić information content (AvgIpc) is 3.24. The van der Waals surface area contributed by atoms with Crippen LogP contribution in [0, 0.1) is 11.3 Å². The Labute approximate surface area is 189 Å². The van der Waals surface area contributed by atoms with Gasteiger partial charge in [0.05, 0.1) is 10.2 Å². The van der Waals surface area contributed by atoms with Crippen LogP contribution in [0.1, 0.15) is 5.56 Å². The minimum absolute atomic E-state index is 0.00538. The molecule has 1 aromatic heterocycles. The van der Waals surface area contributed by atoms with Gasteiger partial charge in [-0.1, -0.05) is 53.8 Å². The van der Waals surface area contributed by atoms with E-state index < -0.39 is 5.91 Å². The van der Waals surface area contributed by atoms with Gasteiger partial charge in [-0.15, -0.1) is 0 Å². The van der Waals surface area contributed by atoms with Crippen LogP contribution in [0.25, 0.3) is 16.3 Å². The first-order chi connectivity index (χ1) is 15.7. The van der Waals surface area contributed by atoms with Crippen molar-refractivity contribution in [3.63, 3.8) is 0 Å². The maximum Gasteiger partial charge on any atom is 0.268 e. The van der Waals surface area contributed by atoms with E-state index in [1.165, 1.54) is 17.4 Å². The summed E-state index contributed by atoms with van der Waals surface area (Å²) >= 11 is 1.36. The molecule has 0 radical (unpaired) electrons. The highest BCUT2D eigenvalue weighted by Crippen LogP contribution is 2.26. The molecule has 7 heteroatoms. The molecule has 0 aliphatic rings. The second kappa shape index (κ2) is 10.2. The van der Waals surface area contributed by atoms with Crippen molar-refractivity contribution < 1.29 is 14.3 Å². The molecule has 0 saturated heterocycles. The van der Waals surface area contributed by atoms with Crippen molar-refractivity contribution in [2.24, 2.45) is 0 Å². The number of nitrogens with zero attached hydrogens (tertiary/aromatic N) is 2. The van der Waals surface area contributed by atoms with Crippen LogP contribution in [0.5, 0.6) is 11.5 Å². The molecule has 0 spiro atoms. The smallest absolute Gasteiger partial charge is 0.268 e. The van der Waals surface area contributed by atoms with E-state index in [1.54, 1.807) is 24.3 Å². The summed E-state index contributed by atoms with van der Waals surface area (Å²) < 4.78 is 12.2. The van der Waals surface area contributed by atoms with Crippen molar-refractivity contribution in [1.29, 1.82) is 5.26 Å². The number of para-hydroxylation sites is 2. The third-order valence-electron chi connectivity index (χ3n) is 4.43. The van der Waals surface area contributed by atoms with Crippen LogP contribution in [0.4, 0.5) is 5.13 Å². The van der Waals surface area contributed by atoms with Crippen LogP contribution in [0.3, 0.4) is 0 Å². The summed E-state index contributed by atoms with van der Waals surface area (Å²) in [6.45, 7) is 0.828. The van der Waals surface area contributed by atoms with Gasteiger partial charge in [0.15, 0.2) is 5.13 Å². The van der Waals surface area contributed by atoms with Crippen LogP contribution >= 0.6 is 11.3 Å². The van der Waals surface area contributed by atoms with Crippen LogP contribution < -0.4 is 14.8 Å². The molecule has 0 atom stereocenters. The lowest BCUT2D eigenvalue weighted by Crippen LogP contribution is -2.13. The maximum atomic E-state index is 12.5. The van der Waals surface area contributed by atoms with E-state index in [0.717, 1.165) is 16.0 Å². The molecule has 1 heterocycles. The Balaban J connectivity index is 1.33. The Morgan fingerprint density at radius 2 is 1.59 bits per heavy atom. The zero-order valence-electron chi connectivity index (χ0n) is 17.0. The highest BCUT2D eigenvalue weighted by Gasteiger charge is 2.12. The minimum Gasteiger partial charge on any atom is -0.490 e. The topological polar surface area (TPSA) is 84.2 Å². The fourth-order valence-corrected chi connectivity index (χ4v) is 3.76. The van der Waals surface area contributed by atoms with Crippen LogP contribution in [0.2, 0.25) is 0 Å². The van der Waals surface area contributed by atoms with Gasteiger partial charge < -0.3 is 9.47 Å². The lowest BCUT2D eigenvalue weighted by Gasteiger charge is -2.08. The number of thiazole rings is 1. The van der Waals surface area contributed by atoms with Gasteiger partial charge in [-0.3, -0.25) is 10.1 Å². The number of fused-ring (bicyclic) bond motifs is 1. The van der Waals surface area contributed by atoms with Gasteiger partial charge >= 0.3 is 0 Å². The fraction of sp³-hybridized carbons (Fsp3) is 0.0800. The second-order valence-electron chi connectivity index (χ2n) is 6.69. The van der Waals surface area contributed by atoms with Crippen molar-refractivity contribution >= 4 is 38.7 Å². The predicted molar refractivity (Wildman–Crippen MR) is 126 cm³/mol. The molecular weight excluding hydrogens is 422 g/mol. The van der Waals surface area contributed by atoms with Crippen LogP contribution in [0.15, 0.2) is 84.4 Å². The summed E-state index contributed by atoms with van der Waals surface area (Å²) in [4.78, 5) is 16.9. The molecule has 0 saturated carbocycles. The van der Waals surface area contributed by atoms with Crippen molar-refractivity contribution in [3.8, 4) is 17.6 Å². The number of amides is 1. The molecule has 32 heavy (non-hydrogen) atoms. The lowest BCUT2D eigenvalue weighted by atomic mass is 10.1. The highest BCUT2D eigenvalue weighted by molar-refractivity contribution is 7.22. The van der Waals surface area contributed by atoms with Crippen molar-refractivity contribution in [1.82, 2.24) is 4.98 Å². The normalized spacial score (nSPS) is 11.0. The number of anilines is 1. The molecule has 4 rings (SSSR count). The van der Waals surface area contributed by atoms with E-state index in [-0.39, 0.29) is 5.57 Å². The first-order valence-electron chi connectivity index (χ1n) is 9.91. The first-order valence-corrected chi connectivity index (χ1v) is 10.7. The summed E-state index contributed by atoms with van der Waals surface area (Å²) in [6.07, 6.45) is 1.53. The molecule has 6 nitrogen and oxygen atoms in total. The third kappa shape index (κ3) is 5.50. The molecule has 0 bridgehead atoms. The maximum absolute atomic E-state index is 12.5. The van der Waals surface area contributed by atoms with E-state index in [1.807, 2.05) is 60.7 Å². The molecule has 158 valence electrons. The average molecular weight is 442 g/mol. The number of carbonyl (C=O) groups excluding carboxylic acids is 1. The third-order valence-corrected chi connectivity index (χ3v) is 5.39. The second-order valence-corrected chi connectivity index (χ2v) is 7.72. The SMILES string of the molecule is N#C/C(=C\c1ccc(OCCOc2ccccc2)cc1)C(=O)Nc1nc2ccccc2s1. The number of rotatable bonds is 8. The zero-order valence-corrected chi connectivity index (χ0v) is 17.8. The zero-order chi connectivity index (χ0) is 22.2. The standard InChI is InChI=1S/C25H19N3O3S/c26-17-19(24(29)28-25-27-22-8-4-5-9-23(22)32-25)16-18-10-12-21(13-11-18)31-15-14-30-20-6-2-1-3-7-20/h1-13,16H,14-15H2,(H,27,28,29)/b19-16+. The lowest BCUT2D eigenvalue weighted by molar-refractivity contribution is -0.112. The van der Waals surface area contributed by atoms with Gasteiger partial charge in [-0.25, -0.2) is 4.98 Å². The predicted octanol–water partition coefficient (Wildman–Crippen LogP) is 5.30. The van der Waals surface area contributed by atoms with Crippen molar-refractivity contribution in [2.75, 3.05) is 18.5 Å². The van der Waals surface area contributed by atoms with E-state index in [9.17, 15) is 10.1 Å². The van der Waals surface area contributed by atoms with Gasteiger partial charge in [-0.05, 0) is 48.0 Å².